The zero-order valence-corrected chi connectivity index (χ0v) is 18.1. The molecular weight excluding hydrogens is 432 g/mol. The van der Waals surface area contributed by atoms with Gasteiger partial charge < -0.3 is 9.47 Å². The fourth-order valence-corrected chi connectivity index (χ4v) is 5.23. The minimum absolute atomic E-state index is 0.0103. The molecule has 0 aromatic heterocycles. The first-order chi connectivity index (χ1) is 15.2. The topological polar surface area (TPSA) is 104 Å². The summed E-state index contributed by atoms with van der Waals surface area (Å²) in [6, 6.07) is 14.6. The van der Waals surface area contributed by atoms with Crippen LogP contribution in [0.25, 0.3) is 0 Å². The molecule has 3 aromatic carbocycles. The maximum Gasteiger partial charge on any atom is 0.338 e. The van der Waals surface area contributed by atoms with Gasteiger partial charge in [0.25, 0.3) is 0 Å². The molecule has 0 N–H and O–H groups in total. The Kier molecular flexibility index (Phi) is 5.40. The average Bonchev–Trinajstić information content (AvgIpc) is 2.80. The molecule has 32 heavy (non-hydrogen) atoms. The number of methoxy groups -OCH3 is 1. The monoisotopic (exact) mass is 450 g/mol. The van der Waals surface area contributed by atoms with Crippen LogP contribution in [0.3, 0.4) is 0 Å². The zero-order valence-electron chi connectivity index (χ0n) is 17.2. The number of sulfone groups is 1. The van der Waals surface area contributed by atoms with Gasteiger partial charge in [0, 0.05) is 22.3 Å². The van der Waals surface area contributed by atoms with E-state index in [-0.39, 0.29) is 38.9 Å². The van der Waals surface area contributed by atoms with E-state index in [0.29, 0.717) is 16.9 Å². The first kappa shape index (κ1) is 21.5. The summed E-state index contributed by atoms with van der Waals surface area (Å²) in [4.78, 5) is 36.7. The highest BCUT2D eigenvalue weighted by molar-refractivity contribution is 7.91. The predicted molar refractivity (Wildman–Crippen MR) is 114 cm³/mol. The van der Waals surface area contributed by atoms with E-state index in [1.165, 1.54) is 44.4 Å². The van der Waals surface area contributed by atoms with Gasteiger partial charge in [-0.2, -0.15) is 0 Å². The van der Waals surface area contributed by atoms with Crippen LogP contribution in [-0.2, 0) is 21.2 Å². The summed E-state index contributed by atoms with van der Waals surface area (Å²) < 4.78 is 36.6. The molecule has 7 nitrogen and oxygen atoms in total. The lowest BCUT2D eigenvalue weighted by Crippen LogP contribution is -2.21. The molecular formula is C24H18O7S. The lowest BCUT2D eigenvalue weighted by molar-refractivity contribution is 0.0469. The second kappa shape index (κ2) is 8.05. The Morgan fingerprint density at radius 1 is 0.875 bits per heavy atom. The summed E-state index contributed by atoms with van der Waals surface area (Å²) in [6.07, 6.45) is 0. The number of carbonyl (C=O) groups is 3. The lowest BCUT2D eigenvalue weighted by Gasteiger charge is -2.19. The smallest absolute Gasteiger partial charge is 0.338 e. The second-order valence-electron chi connectivity index (χ2n) is 7.20. The number of benzene rings is 3. The number of ether oxygens (including phenoxy) is 2. The van der Waals surface area contributed by atoms with Gasteiger partial charge in [-0.05, 0) is 55.5 Å². The molecule has 8 heteroatoms. The van der Waals surface area contributed by atoms with Crippen LogP contribution in [0.1, 0.15) is 49.1 Å². The number of hydrogen-bond donors (Lipinski definition) is 0. The van der Waals surface area contributed by atoms with Crippen LogP contribution in [0.4, 0.5) is 0 Å². The van der Waals surface area contributed by atoms with E-state index in [1.54, 1.807) is 24.3 Å². The molecule has 3 aromatic rings. The number of hydrogen-bond acceptors (Lipinski definition) is 7. The van der Waals surface area contributed by atoms with Gasteiger partial charge in [-0.25, -0.2) is 13.2 Å². The van der Waals surface area contributed by atoms with E-state index in [1.807, 2.05) is 0 Å². The quantitative estimate of drug-likeness (QED) is 0.338. The SMILES string of the molecule is COc1ccc(C(C)=O)cc1COC(=O)c1ccc2c(c1)S(=O)(=O)c1ccccc1C2=O. The average molecular weight is 450 g/mol. The molecule has 0 saturated carbocycles. The number of rotatable bonds is 5. The molecule has 0 radical (unpaired) electrons. The van der Waals surface area contributed by atoms with Crippen LogP contribution in [0, 0.1) is 0 Å². The number of Topliss-reactive ketones (excluding diaryl/α,β-unsaturated/α-hetero) is 1. The van der Waals surface area contributed by atoms with Crippen LogP contribution in [0.5, 0.6) is 5.75 Å². The molecule has 0 unspecified atom stereocenters. The van der Waals surface area contributed by atoms with Crippen molar-refractivity contribution in [3.63, 3.8) is 0 Å². The molecule has 1 aliphatic heterocycles. The van der Waals surface area contributed by atoms with Crippen molar-refractivity contribution in [1.82, 2.24) is 0 Å². The minimum Gasteiger partial charge on any atom is -0.496 e. The summed E-state index contributed by atoms with van der Waals surface area (Å²) in [6.45, 7) is 1.24. The highest BCUT2D eigenvalue weighted by atomic mass is 32.2. The number of ketones is 2. The Balaban J connectivity index is 1.64. The van der Waals surface area contributed by atoms with Crippen molar-refractivity contribution in [2.45, 2.75) is 23.3 Å². The molecule has 0 saturated heterocycles. The summed E-state index contributed by atoms with van der Waals surface area (Å²) in [5, 5.41) is 0. The van der Waals surface area contributed by atoms with E-state index >= 15 is 0 Å². The Morgan fingerprint density at radius 2 is 1.56 bits per heavy atom. The van der Waals surface area contributed by atoms with Crippen molar-refractivity contribution >= 4 is 27.4 Å². The van der Waals surface area contributed by atoms with Crippen molar-refractivity contribution < 1.29 is 32.3 Å². The molecule has 4 rings (SSSR count). The summed E-state index contributed by atoms with van der Waals surface area (Å²) >= 11 is 0. The first-order valence-electron chi connectivity index (χ1n) is 9.62. The predicted octanol–water partition coefficient (Wildman–Crippen LogP) is 3.63. The van der Waals surface area contributed by atoms with Gasteiger partial charge >= 0.3 is 5.97 Å². The standard InChI is InChI=1S/C24H18O7S/c1-14(25)15-8-10-20(30-2)17(11-15)13-31-24(27)16-7-9-19-22(12-16)32(28,29)21-6-4-3-5-18(21)23(19)26/h3-12H,13H2,1-2H3. The van der Waals surface area contributed by atoms with Crippen molar-refractivity contribution in [3.05, 3.63) is 88.5 Å². The molecule has 162 valence electrons. The molecule has 0 bridgehead atoms. The van der Waals surface area contributed by atoms with Gasteiger partial charge in [-0.1, -0.05) is 12.1 Å². The van der Waals surface area contributed by atoms with Crippen LogP contribution < -0.4 is 4.74 Å². The largest absolute Gasteiger partial charge is 0.496 e. The Bertz CT molecular complexity index is 1390. The highest BCUT2D eigenvalue weighted by Gasteiger charge is 2.35. The molecule has 0 amide bonds. The van der Waals surface area contributed by atoms with E-state index in [0.717, 1.165) is 6.07 Å². The van der Waals surface area contributed by atoms with Crippen LogP contribution in [0.2, 0.25) is 0 Å². The molecule has 0 spiro atoms. The van der Waals surface area contributed by atoms with E-state index < -0.39 is 21.6 Å². The summed E-state index contributed by atoms with van der Waals surface area (Å²) in [7, 11) is -2.51. The fourth-order valence-electron chi connectivity index (χ4n) is 3.55. The van der Waals surface area contributed by atoms with E-state index in [4.69, 9.17) is 9.47 Å². The number of fused-ring (bicyclic) bond motifs is 2. The second-order valence-corrected chi connectivity index (χ2v) is 9.09. The first-order valence-corrected chi connectivity index (χ1v) is 11.1. The molecule has 1 aliphatic rings. The van der Waals surface area contributed by atoms with E-state index in [9.17, 15) is 22.8 Å². The molecule has 1 heterocycles. The zero-order chi connectivity index (χ0) is 23.0. The number of carbonyl (C=O) groups excluding carboxylic acids is 3. The van der Waals surface area contributed by atoms with Crippen molar-refractivity contribution in [1.29, 1.82) is 0 Å². The van der Waals surface area contributed by atoms with Gasteiger partial charge in [0.1, 0.15) is 12.4 Å². The normalized spacial score (nSPS) is 13.6. The minimum atomic E-state index is -3.97. The van der Waals surface area contributed by atoms with E-state index in [2.05, 4.69) is 0 Å². The van der Waals surface area contributed by atoms with Crippen molar-refractivity contribution in [2.24, 2.45) is 0 Å². The lowest BCUT2D eigenvalue weighted by atomic mass is 10.0. The van der Waals surface area contributed by atoms with Gasteiger partial charge in [-0.15, -0.1) is 0 Å². The van der Waals surface area contributed by atoms with Crippen LogP contribution in [-0.4, -0.2) is 33.1 Å². The third-order valence-corrected chi connectivity index (χ3v) is 7.07. The third-order valence-electron chi connectivity index (χ3n) is 5.22. The van der Waals surface area contributed by atoms with Gasteiger partial charge in [0.15, 0.2) is 11.6 Å². The maximum atomic E-state index is 13.0. The molecule has 0 fully saturated rings. The molecule has 0 atom stereocenters. The maximum absolute atomic E-state index is 13.0. The third kappa shape index (κ3) is 3.58. The van der Waals surface area contributed by atoms with Gasteiger partial charge in [-0.3, -0.25) is 9.59 Å². The fraction of sp³-hybridized carbons (Fsp3) is 0.125. The van der Waals surface area contributed by atoms with Gasteiger partial charge in [0.05, 0.1) is 22.5 Å². The van der Waals surface area contributed by atoms with Crippen molar-refractivity contribution in [2.75, 3.05) is 7.11 Å². The highest BCUT2D eigenvalue weighted by Crippen LogP contribution is 2.35. The summed E-state index contributed by atoms with van der Waals surface area (Å²) in [5.74, 6) is -0.899. The molecule has 0 aliphatic carbocycles. The Labute approximate surface area is 184 Å². The Hall–Kier alpha value is -3.78. The van der Waals surface area contributed by atoms with Crippen LogP contribution in [0.15, 0.2) is 70.5 Å². The number of esters is 1. The van der Waals surface area contributed by atoms with Crippen molar-refractivity contribution in [3.8, 4) is 5.75 Å². The van der Waals surface area contributed by atoms with Gasteiger partial charge in [0.2, 0.25) is 9.84 Å². The Morgan fingerprint density at radius 3 is 2.28 bits per heavy atom. The summed E-state index contributed by atoms with van der Waals surface area (Å²) in [5.41, 5.74) is 1.03. The van der Waals surface area contributed by atoms with Crippen LogP contribution >= 0.6 is 0 Å².